The number of aryl methyl sites for hydroxylation is 1. The van der Waals surface area contributed by atoms with E-state index in [-0.39, 0.29) is 11.9 Å². The van der Waals surface area contributed by atoms with Crippen LogP contribution in [0.15, 0.2) is 24.3 Å². The lowest BCUT2D eigenvalue weighted by Crippen LogP contribution is -2.34. The zero-order valence-electron chi connectivity index (χ0n) is 13.8. The number of carbonyl (C=O) groups is 1. The molecular formula is C17H29N3O. The average molecular weight is 291 g/mol. The number of carbonyl (C=O) groups excluding carboxylic acids is 1. The van der Waals surface area contributed by atoms with Crippen molar-refractivity contribution in [1.29, 1.82) is 0 Å². The molecule has 0 spiro atoms. The second-order valence-electron chi connectivity index (χ2n) is 5.59. The number of nitrogens with zero attached hydrogens (tertiary/aromatic N) is 1. The Morgan fingerprint density at radius 2 is 1.90 bits per heavy atom. The van der Waals surface area contributed by atoms with E-state index in [4.69, 9.17) is 0 Å². The largest absolute Gasteiger partial charge is 0.354 e. The van der Waals surface area contributed by atoms with Gasteiger partial charge in [-0.05, 0) is 51.7 Å². The first-order valence-electron chi connectivity index (χ1n) is 7.75. The van der Waals surface area contributed by atoms with Gasteiger partial charge in [0.05, 0.1) is 6.04 Å². The molecule has 2 N–H and O–H groups in total. The molecule has 0 aliphatic carbocycles. The van der Waals surface area contributed by atoms with E-state index in [1.807, 2.05) is 21.1 Å². The summed E-state index contributed by atoms with van der Waals surface area (Å²) in [5, 5.41) is 6.10. The summed E-state index contributed by atoms with van der Waals surface area (Å²) in [6, 6.07) is 8.87. The van der Waals surface area contributed by atoms with E-state index >= 15 is 0 Å². The van der Waals surface area contributed by atoms with Crippen molar-refractivity contribution in [3.63, 3.8) is 0 Å². The third-order valence-electron chi connectivity index (χ3n) is 3.72. The maximum Gasteiger partial charge on any atom is 0.220 e. The van der Waals surface area contributed by atoms with Crippen LogP contribution >= 0.6 is 0 Å². The molecule has 0 fully saturated rings. The summed E-state index contributed by atoms with van der Waals surface area (Å²) in [6.45, 7) is 3.68. The number of hydrogen-bond acceptors (Lipinski definition) is 3. The van der Waals surface area contributed by atoms with Crippen molar-refractivity contribution in [2.45, 2.75) is 32.2 Å². The number of benzene rings is 1. The summed E-state index contributed by atoms with van der Waals surface area (Å²) in [5.74, 6) is 0.127. The Hall–Kier alpha value is -1.39. The fourth-order valence-electron chi connectivity index (χ4n) is 2.30. The Morgan fingerprint density at radius 3 is 2.43 bits per heavy atom. The van der Waals surface area contributed by atoms with Gasteiger partial charge < -0.3 is 15.5 Å². The first-order valence-corrected chi connectivity index (χ1v) is 7.75. The molecule has 0 heterocycles. The van der Waals surface area contributed by atoms with Crippen molar-refractivity contribution in [2.24, 2.45) is 0 Å². The topological polar surface area (TPSA) is 44.4 Å². The van der Waals surface area contributed by atoms with E-state index in [9.17, 15) is 4.79 Å². The maximum absolute atomic E-state index is 11.8. The van der Waals surface area contributed by atoms with Crippen molar-refractivity contribution in [3.05, 3.63) is 35.4 Å². The minimum atomic E-state index is 0.127. The van der Waals surface area contributed by atoms with Crippen LogP contribution < -0.4 is 10.6 Å². The van der Waals surface area contributed by atoms with E-state index < -0.39 is 0 Å². The third-order valence-corrected chi connectivity index (χ3v) is 3.72. The van der Waals surface area contributed by atoms with Crippen molar-refractivity contribution in [2.75, 3.05) is 34.2 Å². The highest BCUT2D eigenvalue weighted by molar-refractivity contribution is 5.75. The molecule has 0 saturated carbocycles. The number of hydrogen-bond donors (Lipinski definition) is 2. The summed E-state index contributed by atoms with van der Waals surface area (Å²) in [4.78, 5) is 14.0. The zero-order valence-corrected chi connectivity index (χ0v) is 13.8. The molecule has 0 aromatic heterocycles. The molecule has 21 heavy (non-hydrogen) atoms. The van der Waals surface area contributed by atoms with Gasteiger partial charge >= 0.3 is 0 Å². The molecule has 0 saturated heterocycles. The predicted octanol–water partition coefficient (Wildman–Crippen LogP) is 1.97. The first-order chi connectivity index (χ1) is 10.1. The summed E-state index contributed by atoms with van der Waals surface area (Å²) in [7, 11) is 6.00. The normalized spacial score (nSPS) is 12.4. The van der Waals surface area contributed by atoms with E-state index in [1.54, 1.807) is 0 Å². The minimum Gasteiger partial charge on any atom is -0.354 e. The molecule has 4 nitrogen and oxygen atoms in total. The van der Waals surface area contributed by atoms with Gasteiger partial charge in [-0.2, -0.15) is 0 Å². The molecule has 118 valence electrons. The van der Waals surface area contributed by atoms with E-state index in [0.29, 0.717) is 13.0 Å². The van der Waals surface area contributed by atoms with Crippen molar-refractivity contribution >= 4 is 5.91 Å². The number of likely N-dealkylation sites (N-methyl/N-ethyl adjacent to an activating group) is 1. The third kappa shape index (κ3) is 6.27. The monoisotopic (exact) mass is 291 g/mol. The second kappa shape index (κ2) is 9.53. The van der Waals surface area contributed by atoms with Gasteiger partial charge in [0.1, 0.15) is 0 Å². The molecule has 0 aliphatic rings. The molecule has 1 unspecified atom stereocenters. The molecule has 1 rings (SSSR count). The van der Waals surface area contributed by atoms with Crippen molar-refractivity contribution < 1.29 is 4.79 Å². The van der Waals surface area contributed by atoms with Crippen molar-refractivity contribution in [1.82, 2.24) is 15.5 Å². The highest BCUT2D eigenvalue weighted by atomic mass is 16.1. The Balaban J connectivity index is 2.55. The summed E-state index contributed by atoms with van der Waals surface area (Å²) >= 11 is 0. The standard InChI is InChI=1S/C17H29N3O/c1-5-14-8-10-15(11-9-14)16(20(3)4)13-19-17(21)7-6-12-18-2/h8-11,16,18H,5-7,12-13H2,1-4H3,(H,19,21). The van der Waals surface area contributed by atoms with Gasteiger partial charge in [0.2, 0.25) is 5.91 Å². The minimum absolute atomic E-state index is 0.127. The van der Waals surface area contributed by atoms with Crippen LogP contribution in [-0.2, 0) is 11.2 Å². The number of nitrogens with one attached hydrogen (secondary N) is 2. The Bertz CT molecular complexity index is 415. The van der Waals surface area contributed by atoms with Gasteiger partial charge in [-0.3, -0.25) is 4.79 Å². The molecule has 1 aromatic rings. The van der Waals surface area contributed by atoms with Crippen LogP contribution in [0.5, 0.6) is 0 Å². The van der Waals surface area contributed by atoms with Gasteiger partial charge in [-0.15, -0.1) is 0 Å². The highest BCUT2D eigenvalue weighted by Crippen LogP contribution is 2.18. The predicted molar refractivity (Wildman–Crippen MR) is 88.4 cm³/mol. The molecule has 1 aromatic carbocycles. The van der Waals surface area contributed by atoms with Crippen LogP contribution in [0.3, 0.4) is 0 Å². The average Bonchev–Trinajstić information content (AvgIpc) is 2.48. The molecule has 1 atom stereocenters. The Kier molecular flexibility index (Phi) is 8.01. The fraction of sp³-hybridized carbons (Fsp3) is 0.588. The Morgan fingerprint density at radius 1 is 1.24 bits per heavy atom. The molecular weight excluding hydrogens is 262 g/mol. The van der Waals surface area contributed by atoms with Gasteiger partial charge in [-0.25, -0.2) is 0 Å². The van der Waals surface area contributed by atoms with E-state index in [1.165, 1.54) is 11.1 Å². The van der Waals surface area contributed by atoms with Gasteiger partial charge in [0.25, 0.3) is 0 Å². The maximum atomic E-state index is 11.8. The van der Waals surface area contributed by atoms with Gasteiger partial charge in [0.15, 0.2) is 0 Å². The summed E-state index contributed by atoms with van der Waals surface area (Å²) in [5.41, 5.74) is 2.58. The summed E-state index contributed by atoms with van der Waals surface area (Å²) in [6.07, 6.45) is 2.50. The molecule has 4 heteroatoms. The van der Waals surface area contributed by atoms with Crippen LogP contribution in [0.2, 0.25) is 0 Å². The van der Waals surface area contributed by atoms with Crippen LogP contribution in [0.1, 0.15) is 36.9 Å². The Labute approximate surface area is 128 Å². The molecule has 0 radical (unpaired) electrons. The van der Waals surface area contributed by atoms with E-state index in [2.05, 4.69) is 46.7 Å². The highest BCUT2D eigenvalue weighted by Gasteiger charge is 2.15. The van der Waals surface area contributed by atoms with Crippen LogP contribution in [0, 0.1) is 0 Å². The van der Waals surface area contributed by atoms with Gasteiger partial charge in [0, 0.05) is 13.0 Å². The SMILES string of the molecule is CCc1ccc(C(CNC(=O)CCCNC)N(C)C)cc1. The second-order valence-corrected chi connectivity index (χ2v) is 5.59. The smallest absolute Gasteiger partial charge is 0.220 e. The first kappa shape index (κ1) is 17.7. The lowest BCUT2D eigenvalue weighted by molar-refractivity contribution is -0.121. The van der Waals surface area contributed by atoms with Gasteiger partial charge in [-0.1, -0.05) is 31.2 Å². The fourth-order valence-corrected chi connectivity index (χ4v) is 2.30. The van der Waals surface area contributed by atoms with Crippen LogP contribution in [0.25, 0.3) is 0 Å². The van der Waals surface area contributed by atoms with Crippen molar-refractivity contribution in [3.8, 4) is 0 Å². The van der Waals surface area contributed by atoms with E-state index in [0.717, 1.165) is 19.4 Å². The molecule has 0 bridgehead atoms. The number of rotatable bonds is 9. The number of amides is 1. The molecule has 1 amide bonds. The van der Waals surface area contributed by atoms with Crippen LogP contribution in [-0.4, -0.2) is 45.0 Å². The quantitative estimate of drug-likeness (QED) is 0.684. The molecule has 0 aliphatic heterocycles. The lowest BCUT2D eigenvalue weighted by atomic mass is 10.0. The zero-order chi connectivity index (χ0) is 15.7. The summed E-state index contributed by atoms with van der Waals surface area (Å²) < 4.78 is 0. The lowest BCUT2D eigenvalue weighted by Gasteiger charge is -2.25. The van der Waals surface area contributed by atoms with Crippen LogP contribution in [0.4, 0.5) is 0 Å².